The first-order chi connectivity index (χ1) is 5.45. The zero-order valence-corrected chi connectivity index (χ0v) is 7.53. The van der Waals surface area contributed by atoms with Crippen molar-refractivity contribution in [3.8, 4) is 0 Å². The molecule has 0 spiro atoms. The monoisotopic (exact) mass is 173 g/mol. The van der Waals surface area contributed by atoms with E-state index in [0.29, 0.717) is 0 Å². The predicted octanol–water partition coefficient (Wildman–Crippen LogP) is 0.870. The summed E-state index contributed by atoms with van der Waals surface area (Å²) in [5, 5.41) is 4.30. The van der Waals surface area contributed by atoms with Crippen molar-refractivity contribution in [3.05, 3.63) is 0 Å². The molecule has 0 aliphatic carbocycles. The highest BCUT2D eigenvalue weighted by atomic mass is 32.2. The normalized spacial score (nSPS) is 32.2. The second kappa shape index (κ2) is 3.78. The van der Waals surface area contributed by atoms with E-state index in [1.54, 1.807) is 0 Å². The fraction of sp³-hybridized carbons (Fsp3) is 1.00. The Hall–Kier alpha value is 0.270. The molecular formula is C8H15NOS. The molecular weight excluding hydrogens is 158 g/mol. The summed E-state index contributed by atoms with van der Waals surface area (Å²) < 4.78 is 5.11. The molecule has 64 valence electrons. The third kappa shape index (κ3) is 2.10. The molecule has 1 N–H and O–H groups in total. The summed E-state index contributed by atoms with van der Waals surface area (Å²) in [6.45, 7) is 3.20. The highest BCUT2D eigenvalue weighted by Gasteiger charge is 2.21. The molecule has 11 heavy (non-hydrogen) atoms. The summed E-state index contributed by atoms with van der Waals surface area (Å²) in [6.07, 6.45) is 2.74. The van der Waals surface area contributed by atoms with Gasteiger partial charge in [-0.2, -0.15) is 11.8 Å². The fourth-order valence-electron chi connectivity index (χ4n) is 1.46. The molecule has 2 nitrogen and oxygen atoms in total. The summed E-state index contributed by atoms with van der Waals surface area (Å²) in [4.78, 5) is 0. The Morgan fingerprint density at radius 2 is 2.36 bits per heavy atom. The molecule has 0 amide bonds. The third-order valence-corrected chi connectivity index (χ3v) is 3.64. The smallest absolute Gasteiger partial charge is 0.0607 e. The van der Waals surface area contributed by atoms with Crippen LogP contribution >= 0.6 is 11.8 Å². The minimum Gasteiger partial charge on any atom is -0.379 e. The largest absolute Gasteiger partial charge is 0.379 e. The Bertz CT molecular complexity index is 121. The lowest BCUT2D eigenvalue weighted by Gasteiger charge is -2.26. The van der Waals surface area contributed by atoms with Crippen molar-refractivity contribution >= 4 is 11.8 Å². The van der Waals surface area contributed by atoms with Crippen molar-refractivity contribution in [1.29, 1.82) is 0 Å². The fourth-order valence-corrected chi connectivity index (χ4v) is 2.64. The van der Waals surface area contributed by atoms with Crippen LogP contribution in [0.3, 0.4) is 0 Å². The number of nitrogens with one attached hydrogen (secondary N) is 1. The minimum atomic E-state index is 0.792. The van der Waals surface area contributed by atoms with Crippen molar-refractivity contribution in [2.75, 3.05) is 25.5 Å². The van der Waals surface area contributed by atoms with Gasteiger partial charge in [-0.15, -0.1) is 0 Å². The van der Waals surface area contributed by atoms with Gasteiger partial charge in [-0.25, -0.2) is 0 Å². The van der Waals surface area contributed by atoms with Crippen molar-refractivity contribution < 1.29 is 4.74 Å². The molecule has 0 aromatic carbocycles. The molecule has 2 fully saturated rings. The second-order valence-corrected chi connectivity index (χ2v) is 4.62. The lowest BCUT2D eigenvalue weighted by molar-refractivity contribution is 0.0455. The lowest BCUT2D eigenvalue weighted by Crippen LogP contribution is -2.33. The molecule has 0 bridgehead atoms. The van der Waals surface area contributed by atoms with Gasteiger partial charge in [-0.3, -0.25) is 0 Å². The maximum atomic E-state index is 5.11. The van der Waals surface area contributed by atoms with Gasteiger partial charge in [0.1, 0.15) is 0 Å². The molecule has 2 saturated heterocycles. The highest BCUT2D eigenvalue weighted by molar-refractivity contribution is 8.00. The van der Waals surface area contributed by atoms with Crippen LogP contribution < -0.4 is 5.32 Å². The van der Waals surface area contributed by atoms with Crippen LogP contribution in [-0.4, -0.2) is 36.8 Å². The number of rotatable bonds is 3. The van der Waals surface area contributed by atoms with Crippen molar-refractivity contribution in [2.24, 2.45) is 0 Å². The summed E-state index contributed by atoms with van der Waals surface area (Å²) in [5.41, 5.74) is 0. The van der Waals surface area contributed by atoms with Gasteiger partial charge in [0, 0.05) is 11.8 Å². The summed E-state index contributed by atoms with van der Waals surface area (Å²) in [5.74, 6) is 1.29. The van der Waals surface area contributed by atoms with Gasteiger partial charge < -0.3 is 10.1 Å². The van der Waals surface area contributed by atoms with Gasteiger partial charge in [-0.05, 0) is 19.4 Å². The number of hydrogen-bond donors (Lipinski definition) is 1. The van der Waals surface area contributed by atoms with E-state index in [4.69, 9.17) is 4.74 Å². The van der Waals surface area contributed by atoms with Crippen molar-refractivity contribution in [3.63, 3.8) is 0 Å². The van der Waals surface area contributed by atoms with Gasteiger partial charge in [0.15, 0.2) is 0 Å². The van der Waals surface area contributed by atoms with Crippen LogP contribution in [0.15, 0.2) is 0 Å². The summed E-state index contributed by atoms with van der Waals surface area (Å²) in [7, 11) is 0. The maximum Gasteiger partial charge on any atom is 0.0607 e. The van der Waals surface area contributed by atoms with Crippen LogP contribution in [-0.2, 0) is 4.74 Å². The van der Waals surface area contributed by atoms with E-state index >= 15 is 0 Å². The van der Waals surface area contributed by atoms with Gasteiger partial charge in [0.05, 0.1) is 18.5 Å². The Kier molecular flexibility index (Phi) is 2.72. The molecule has 2 aliphatic heterocycles. The molecule has 0 aromatic heterocycles. The van der Waals surface area contributed by atoms with E-state index in [-0.39, 0.29) is 0 Å². The van der Waals surface area contributed by atoms with Gasteiger partial charge >= 0.3 is 0 Å². The molecule has 1 unspecified atom stereocenters. The average Bonchev–Trinajstić information content (AvgIpc) is 2.36. The van der Waals surface area contributed by atoms with Crippen LogP contribution in [0.1, 0.15) is 12.8 Å². The minimum absolute atomic E-state index is 0.792. The highest BCUT2D eigenvalue weighted by Crippen LogP contribution is 2.21. The van der Waals surface area contributed by atoms with E-state index in [9.17, 15) is 0 Å². The Morgan fingerprint density at radius 1 is 1.45 bits per heavy atom. The standard InChI is InChI=1S/C8H15NOS/c1-2-7(9-3-1)6-11-8-4-10-5-8/h7-9H,1-6H2. The van der Waals surface area contributed by atoms with Gasteiger partial charge in [-0.1, -0.05) is 0 Å². The molecule has 2 rings (SSSR count). The van der Waals surface area contributed by atoms with Gasteiger partial charge in [0.25, 0.3) is 0 Å². The van der Waals surface area contributed by atoms with Crippen molar-refractivity contribution in [1.82, 2.24) is 5.32 Å². The number of hydrogen-bond acceptors (Lipinski definition) is 3. The first-order valence-electron chi connectivity index (χ1n) is 4.38. The van der Waals surface area contributed by atoms with E-state index in [2.05, 4.69) is 17.1 Å². The Balaban J connectivity index is 1.57. The van der Waals surface area contributed by atoms with Crippen LogP contribution in [0.25, 0.3) is 0 Å². The number of ether oxygens (including phenoxy) is 1. The first-order valence-corrected chi connectivity index (χ1v) is 5.43. The third-order valence-electron chi connectivity index (χ3n) is 2.30. The molecule has 1 atom stereocenters. The molecule has 2 heterocycles. The van der Waals surface area contributed by atoms with E-state index in [1.807, 2.05) is 0 Å². The maximum absolute atomic E-state index is 5.11. The SMILES string of the molecule is C1CNC(CSC2COC2)C1. The van der Waals surface area contributed by atoms with E-state index in [0.717, 1.165) is 24.5 Å². The second-order valence-electron chi connectivity index (χ2n) is 3.29. The van der Waals surface area contributed by atoms with Crippen molar-refractivity contribution in [2.45, 2.75) is 24.1 Å². The topological polar surface area (TPSA) is 21.3 Å². The average molecular weight is 173 g/mol. The first kappa shape index (κ1) is 7.90. The molecule has 2 aliphatic rings. The molecule has 0 aromatic rings. The summed E-state index contributed by atoms with van der Waals surface area (Å²) in [6, 6.07) is 0.792. The zero-order valence-electron chi connectivity index (χ0n) is 6.71. The van der Waals surface area contributed by atoms with Crippen LogP contribution in [0.2, 0.25) is 0 Å². The molecule has 3 heteroatoms. The lowest BCUT2D eigenvalue weighted by atomic mass is 10.3. The Labute approximate surface area is 72.1 Å². The van der Waals surface area contributed by atoms with E-state index < -0.39 is 0 Å². The van der Waals surface area contributed by atoms with Crippen LogP contribution in [0.5, 0.6) is 0 Å². The van der Waals surface area contributed by atoms with Crippen LogP contribution in [0.4, 0.5) is 0 Å². The van der Waals surface area contributed by atoms with Gasteiger partial charge in [0.2, 0.25) is 0 Å². The van der Waals surface area contributed by atoms with E-state index in [1.165, 1.54) is 25.1 Å². The van der Waals surface area contributed by atoms with Crippen LogP contribution in [0, 0.1) is 0 Å². The summed E-state index contributed by atoms with van der Waals surface area (Å²) >= 11 is 2.07. The number of thioether (sulfide) groups is 1. The Morgan fingerprint density at radius 3 is 2.91 bits per heavy atom. The predicted molar refractivity (Wildman–Crippen MR) is 48.1 cm³/mol. The molecule has 0 radical (unpaired) electrons. The molecule has 0 saturated carbocycles. The quantitative estimate of drug-likeness (QED) is 0.684. The zero-order chi connectivity index (χ0) is 7.52.